The Morgan fingerprint density at radius 2 is 1.78 bits per heavy atom. The molecule has 3 aromatic rings. The molecule has 0 fully saturated rings. The van der Waals surface area contributed by atoms with Gasteiger partial charge < -0.3 is 19.3 Å². The second-order valence-electron chi connectivity index (χ2n) is 5.80. The van der Waals surface area contributed by atoms with Gasteiger partial charge in [0.1, 0.15) is 11.4 Å². The third-order valence-corrected chi connectivity index (χ3v) is 3.96. The predicted octanol–water partition coefficient (Wildman–Crippen LogP) is 3.70. The predicted molar refractivity (Wildman–Crippen MR) is 99.0 cm³/mol. The zero-order valence-corrected chi connectivity index (χ0v) is 15.1. The normalized spacial score (nSPS) is 10.3. The summed E-state index contributed by atoms with van der Waals surface area (Å²) in [5.74, 6) is -0.634. The molecule has 0 spiro atoms. The van der Waals surface area contributed by atoms with Gasteiger partial charge in [0.2, 0.25) is 5.76 Å². The first kappa shape index (κ1) is 18.2. The summed E-state index contributed by atoms with van der Waals surface area (Å²) < 4.78 is 15.0. The summed E-state index contributed by atoms with van der Waals surface area (Å²) in [6.07, 6.45) is 0. The maximum atomic E-state index is 12.5. The van der Waals surface area contributed by atoms with E-state index in [4.69, 9.17) is 14.0 Å². The Morgan fingerprint density at radius 3 is 2.44 bits per heavy atom. The summed E-state index contributed by atoms with van der Waals surface area (Å²) in [4.78, 5) is 24.5. The second kappa shape index (κ2) is 7.74. The van der Waals surface area contributed by atoms with Crippen LogP contribution in [0.3, 0.4) is 0 Å². The molecule has 7 heteroatoms. The van der Waals surface area contributed by atoms with Crippen LogP contribution in [0.5, 0.6) is 5.75 Å². The van der Waals surface area contributed by atoms with Gasteiger partial charge in [-0.25, -0.2) is 4.79 Å². The molecule has 1 aromatic heterocycles. The number of nitrogens with zero attached hydrogens (tertiary/aromatic N) is 1. The number of carbonyl (C=O) groups excluding carboxylic acids is 2. The van der Waals surface area contributed by atoms with E-state index < -0.39 is 11.9 Å². The van der Waals surface area contributed by atoms with E-state index in [1.54, 1.807) is 18.2 Å². The van der Waals surface area contributed by atoms with E-state index >= 15 is 0 Å². The monoisotopic (exact) mass is 366 g/mol. The van der Waals surface area contributed by atoms with E-state index in [1.165, 1.54) is 20.3 Å². The number of carbonyl (C=O) groups is 2. The number of nitrogens with one attached hydrogen (secondary N) is 1. The van der Waals surface area contributed by atoms with Gasteiger partial charge in [-0.15, -0.1) is 0 Å². The highest BCUT2D eigenvalue weighted by Crippen LogP contribution is 2.25. The summed E-state index contributed by atoms with van der Waals surface area (Å²) >= 11 is 0. The zero-order chi connectivity index (χ0) is 19.4. The van der Waals surface area contributed by atoms with Crippen LogP contribution in [0, 0.1) is 6.92 Å². The van der Waals surface area contributed by atoms with Crippen molar-refractivity contribution in [3.05, 3.63) is 65.4 Å². The minimum atomic E-state index is -0.595. The lowest BCUT2D eigenvalue weighted by Gasteiger charge is -2.10. The average Bonchev–Trinajstić information content (AvgIpc) is 3.18. The van der Waals surface area contributed by atoms with E-state index in [0.29, 0.717) is 11.4 Å². The molecule has 0 saturated heterocycles. The molecule has 0 unspecified atom stereocenters. The fraction of sp³-hybridized carbons (Fsp3) is 0.150. The number of methoxy groups -OCH3 is 2. The van der Waals surface area contributed by atoms with Crippen LogP contribution in [0.25, 0.3) is 11.3 Å². The third-order valence-electron chi connectivity index (χ3n) is 3.96. The standard InChI is InChI=1S/C20H18N2O5/c1-12-4-6-13(7-5-12)17-11-18(27-22-17)19(23)21-16-9-8-14(25-2)10-15(16)20(24)26-3/h4-11H,1-3H3,(H,21,23). The molecule has 1 amide bonds. The Kier molecular flexibility index (Phi) is 5.21. The van der Waals surface area contributed by atoms with Crippen molar-refractivity contribution in [2.75, 3.05) is 19.5 Å². The molecule has 0 radical (unpaired) electrons. The van der Waals surface area contributed by atoms with E-state index in [2.05, 4.69) is 10.5 Å². The molecule has 0 aliphatic rings. The Morgan fingerprint density at radius 1 is 1.04 bits per heavy atom. The van der Waals surface area contributed by atoms with Crippen LogP contribution in [0.4, 0.5) is 5.69 Å². The average molecular weight is 366 g/mol. The van der Waals surface area contributed by atoms with E-state index in [-0.39, 0.29) is 17.0 Å². The summed E-state index contributed by atoms with van der Waals surface area (Å²) in [6, 6.07) is 13.9. The van der Waals surface area contributed by atoms with Crippen LogP contribution in [0.15, 0.2) is 53.1 Å². The minimum absolute atomic E-state index is 0.0252. The molecule has 7 nitrogen and oxygen atoms in total. The van der Waals surface area contributed by atoms with Crippen molar-refractivity contribution in [2.45, 2.75) is 6.92 Å². The first-order chi connectivity index (χ1) is 13.0. The number of amides is 1. The molecule has 0 aliphatic heterocycles. The fourth-order valence-corrected chi connectivity index (χ4v) is 2.46. The number of aromatic nitrogens is 1. The lowest BCUT2D eigenvalue weighted by atomic mass is 10.1. The lowest BCUT2D eigenvalue weighted by Crippen LogP contribution is -2.15. The molecule has 138 valence electrons. The smallest absolute Gasteiger partial charge is 0.340 e. The Bertz CT molecular complexity index is 976. The molecule has 0 aliphatic carbocycles. The molecule has 0 bridgehead atoms. The maximum Gasteiger partial charge on any atom is 0.340 e. The van der Waals surface area contributed by atoms with Crippen LogP contribution in [-0.2, 0) is 4.74 Å². The van der Waals surface area contributed by atoms with Gasteiger partial charge in [0.05, 0.1) is 25.5 Å². The number of benzene rings is 2. The van der Waals surface area contributed by atoms with Crippen LogP contribution < -0.4 is 10.1 Å². The van der Waals surface area contributed by atoms with Gasteiger partial charge in [-0.3, -0.25) is 4.79 Å². The van der Waals surface area contributed by atoms with Crippen LogP contribution in [-0.4, -0.2) is 31.3 Å². The number of rotatable bonds is 5. The summed E-state index contributed by atoms with van der Waals surface area (Å²) in [5, 5.41) is 6.57. The van der Waals surface area contributed by atoms with Gasteiger partial charge in [0.25, 0.3) is 5.91 Å². The van der Waals surface area contributed by atoms with Crippen molar-refractivity contribution in [2.24, 2.45) is 0 Å². The van der Waals surface area contributed by atoms with E-state index in [0.717, 1.165) is 11.1 Å². The van der Waals surface area contributed by atoms with Gasteiger partial charge >= 0.3 is 5.97 Å². The van der Waals surface area contributed by atoms with Crippen LogP contribution in [0.2, 0.25) is 0 Å². The third kappa shape index (κ3) is 3.98. The Hall–Kier alpha value is -3.61. The molecule has 2 aromatic carbocycles. The first-order valence-corrected chi connectivity index (χ1v) is 8.13. The highest BCUT2D eigenvalue weighted by atomic mass is 16.5. The molecule has 3 rings (SSSR count). The van der Waals surface area contributed by atoms with E-state index in [1.807, 2.05) is 31.2 Å². The largest absolute Gasteiger partial charge is 0.497 e. The minimum Gasteiger partial charge on any atom is -0.497 e. The molecule has 1 heterocycles. The molecule has 0 saturated carbocycles. The van der Waals surface area contributed by atoms with E-state index in [9.17, 15) is 9.59 Å². The number of hydrogen-bond acceptors (Lipinski definition) is 6. The van der Waals surface area contributed by atoms with Gasteiger partial charge in [-0.2, -0.15) is 0 Å². The number of ether oxygens (including phenoxy) is 2. The molecule has 27 heavy (non-hydrogen) atoms. The molecular weight excluding hydrogens is 348 g/mol. The first-order valence-electron chi connectivity index (χ1n) is 8.13. The van der Waals surface area contributed by atoms with Crippen molar-refractivity contribution in [3.63, 3.8) is 0 Å². The number of hydrogen-bond donors (Lipinski definition) is 1. The lowest BCUT2D eigenvalue weighted by molar-refractivity contribution is 0.0601. The second-order valence-corrected chi connectivity index (χ2v) is 5.80. The van der Waals surface area contributed by atoms with Crippen molar-refractivity contribution in [1.82, 2.24) is 5.16 Å². The highest BCUT2D eigenvalue weighted by Gasteiger charge is 2.19. The Balaban J connectivity index is 1.84. The SMILES string of the molecule is COC(=O)c1cc(OC)ccc1NC(=O)c1cc(-c2ccc(C)cc2)no1. The topological polar surface area (TPSA) is 90.7 Å². The quantitative estimate of drug-likeness (QED) is 0.693. The van der Waals surface area contributed by atoms with Crippen molar-refractivity contribution in [1.29, 1.82) is 0 Å². The van der Waals surface area contributed by atoms with Crippen LogP contribution in [0.1, 0.15) is 26.5 Å². The maximum absolute atomic E-state index is 12.5. The number of esters is 1. The molecular formula is C20H18N2O5. The molecule has 0 atom stereocenters. The van der Waals surface area contributed by atoms with Crippen molar-refractivity contribution in [3.8, 4) is 17.0 Å². The molecule has 1 N–H and O–H groups in total. The van der Waals surface area contributed by atoms with Crippen molar-refractivity contribution >= 4 is 17.6 Å². The highest BCUT2D eigenvalue weighted by molar-refractivity contribution is 6.07. The zero-order valence-electron chi connectivity index (χ0n) is 15.1. The fourth-order valence-electron chi connectivity index (χ4n) is 2.46. The Labute approximate surface area is 155 Å². The van der Waals surface area contributed by atoms with Gasteiger partial charge in [-0.05, 0) is 25.1 Å². The van der Waals surface area contributed by atoms with Gasteiger partial charge in [0.15, 0.2) is 0 Å². The summed E-state index contributed by atoms with van der Waals surface area (Å²) in [5.41, 5.74) is 2.95. The van der Waals surface area contributed by atoms with Gasteiger partial charge in [-0.1, -0.05) is 35.0 Å². The van der Waals surface area contributed by atoms with Gasteiger partial charge in [0, 0.05) is 11.6 Å². The number of anilines is 1. The number of aryl methyl sites for hydroxylation is 1. The summed E-state index contributed by atoms with van der Waals surface area (Å²) in [7, 11) is 2.74. The summed E-state index contributed by atoms with van der Waals surface area (Å²) in [6.45, 7) is 1.99. The van der Waals surface area contributed by atoms with Crippen molar-refractivity contribution < 1.29 is 23.6 Å². The van der Waals surface area contributed by atoms with Crippen LogP contribution >= 0.6 is 0 Å².